The lowest BCUT2D eigenvalue weighted by molar-refractivity contribution is 0.102. The minimum absolute atomic E-state index is 0.244. The maximum absolute atomic E-state index is 12.2. The maximum atomic E-state index is 12.2. The van der Waals surface area contributed by atoms with E-state index in [0.717, 1.165) is 11.3 Å². The molecule has 0 saturated heterocycles. The van der Waals surface area contributed by atoms with Crippen molar-refractivity contribution in [3.63, 3.8) is 0 Å². The summed E-state index contributed by atoms with van der Waals surface area (Å²) in [5, 5.41) is 12.0. The summed E-state index contributed by atoms with van der Waals surface area (Å²) in [5.74, 6) is 1.19. The normalized spacial score (nSPS) is 10.2. The summed E-state index contributed by atoms with van der Waals surface area (Å²) in [6.07, 6.45) is 0. The minimum atomic E-state index is -0.244. The summed E-state index contributed by atoms with van der Waals surface area (Å²) in [7, 11) is 3.19. The van der Waals surface area contributed by atoms with Crippen molar-refractivity contribution in [2.75, 3.05) is 19.5 Å². The van der Waals surface area contributed by atoms with Crippen molar-refractivity contribution >= 4 is 22.4 Å². The zero-order chi connectivity index (χ0) is 16.9. The van der Waals surface area contributed by atoms with Gasteiger partial charge in [-0.05, 0) is 36.4 Å². The Balaban J connectivity index is 1.74. The zero-order valence-corrected chi connectivity index (χ0v) is 14.0. The number of anilines is 1. The number of ether oxygens (including phenoxy) is 2. The lowest BCUT2D eigenvalue weighted by Crippen LogP contribution is -2.11. The monoisotopic (exact) mass is 341 g/mol. The number of benzene rings is 2. The Morgan fingerprint density at radius 1 is 1.00 bits per heavy atom. The molecule has 0 aliphatic carbocycles. The van der Waals surface area contributed by atoms with E-state index in [0.29, 0.717) is 21.5 Å². The minimum Gasteiger partial charge on any atom is -0.497 e. The van der Waals surface area contributed by atoms with Crippen LogP contribution in [0.2, 0.25) is 0 Å². The highest BCUT2D eigenvalue weighted by molar-refractivity contribution is 7.18. The Morgan fingerprint density at radius 2 is 1.75 bits per heavy atom. The summed E-state index contributed by atoms with van der Waals surface area (Å²) in [6, 6.07) is 14.4. The first-order valence-electron chi connectivity index (χ1n) is 7.13. The number of methoxy groups -OCH3 is 2. The third kappa shape index (κ3) is 3.52. The fourth-order valence-corrected chi connectivity index (χ4v) is 2.79. The highest BCUT2D eigenvalue weighted by atomic mass is 32.1. The van der Waals surface area contributed by atoms with Crippen LogP contribution in [0.3, 0.4) is 0 Å². The summed E-state index contributed by atoms with van der Waals surface area (Å²) < 4.78 is 10.3. The second-order valence-electron chi connectivity index (χ2n) is 4.83. The van der Waals surface area contributed by atoms with Gasteiger partial charge in [-0.3, -0.25) is 10.1 Å². The lowest BCUT2D eigenvalue weighted by Gasteiger charge is -2.03. The number of amides is 1. The van der Waals surface area contributed by atoms with Crippen LogP contribution < -0.4 is 14.8 Å². The Morgan fingerprint density at radius 3 is 2.46 bits per heavy atom. The molecule has 1 aromatic heterocycles. The smallest absolute Gasteiger partial charge is 0.257 e. The summed E-state index contributed by atoms with van der Waals surface area (Å²) in [5.41, 5.74) is 1.41. The van der Waals surface area contributed by atoms with Crippen LogP contribution in [-0.4, -0.2) is 30.3 Å². The van der Waals surface area contributed by atoms with E-state index in [-0.39, 0.29) is 5.91 Å². The fourth-order valence-electron chi connectivity index (χ4n) is 2.06. The SMILES string of the molecule is COc1ccc(C(=O)Nc2nnc(-c3cccc(OC)c3)s2)cc1. The van der Waals surface area contributed by atoms with Gasteiger partial charge in [-0.2, -0.15) is 0 Å². The number of rotatable bonds is 5. The number of aromatic nitrogens is 2. The van der Waals surface area contributed by atoms with Gasteiger partial charge in [0.05, 0.1) is 14.2 Å². The van der Waals surface area contributed by atoms with Crippen LogP contribution in [-0.2, 0) is 0 Å². The van der Waals surface area contributed by atoms with Gasteiger partial charge >= 0.3 is 0 Å². The first kappa shape index (κ1) is 15.9. The van der Waals surface area contributed by atoms with Gasteiger partial charge in [0, 0.05) is 11.1 Å². The van der Waals surface area contributed by atoms with Gasteiger partial charge in [0.25, 0.3) is 5.91 Å². The molecule has 6 nitrogen and oxygen atoms in total. The zero-order valence-electron chi connectivity index (χ0n) is 13.1. The van der Waals surface area contributed by atoms with E-state index in [1.54, 1.807) is 38.5 Å². The van der Waals surface area contributed by atoms with E-state index in [1.165, 1.54) is 11.3 Å². The van der Waals surface area contributed by atoms with Gasteiger partial charge < -0.3 is 9.47 Å². The Bertz CT molecular complexity index is 846. The second kappa shape index (κ2) is 7.10. The summed E-state index contributed by atoms with van der Waals surface area (Å²) >= 11 is 1.30. The van der Waals surface area contributed by atoms with E-state index >= 15 is 0 Å². The predicted octanol–water partition coefficient (Wildman–Crippen LogP) is 3.47. The number of nitrogens with zero attached hydrogens (tertiary/aromatic N) is 2. The molecule has 1 amide bonds. The third-order valence-electron chi connectivity index (χ3n) is 3.31. The van der Waals surface area contributed by atoms with Crippen LogP contribution >= 0.6 is 11.3 Å². The molecule has 7 heteroatoms. The molecule has 0 aliphatic heterocycles. The molecule has 0 bridgehead atoms. The maximum Gasteiger partial charge on any atom is 0.257 e. The largest absolute Gasteiger partial charge is 0.497 e. The lowest BCUT2D eigenvalue weighted by atomic mass is 10.2. The molecule has 0 spiro atoms. The molecule has 24 heavy (non-hydrogen) atoms. The first-order valence-corrected chi connectivity index (χ1v) is 7.94. The Labute approximate surface area is 143 Å². The quantitative estimate of drug-likeness (QED) is 0.769. The van der Waals surface area contributed by atoms with Gasteiger partial charge in [-0.1, -0.05) is 23.5 Å². The van der Waals surface area contributed by atoms with E-state index in [4.69, 9.17) is 9.47 Å². The van der Waals surface area contributed by atoms with Gasteiger partial charge in [0.2, 0.25) is 5.13 Å². The average Bonchev–Trinajstić information content (AvgIpc) is 3.10. The van der Waals surface area contributed by atoms with Crippen LogP contribution in [0.1, 0.15) is 10.4 Å². The average molecular weight is 341 g/mol. The van der Waals surface area contributed by atoms with Gasteiger partial charge in [-0.15, -0.1) is 10.2 Å². The molecule has 0 unspecified atom stereocenters. The number of nitrogens with one attached hydrogen (secondary N) is 1. The molecule has 2 aromatic carbocycles. The molecule has 122 valence electrons. The number of carbonyl (C=O) groups is 1. The van der Waals surface area contributed by atoms with Crippen LogP contribution in [0.25, 0.3) is 10.6 Å². The van der Waals surface area contributed by atoms with Crippen LogP contribution in [0.5, 0.6) is 11.5 Å². The highest BCUT2D eigenvalue weighted by Gasteiger charge is 2.12. The van der Waals surface area contributed by atoms with Crippen molar-refractivity contribution in [3.05, 3.63) is 54.1 Å². The summed E-state index contributed by atoms with van der Waals surface area (Å²) in [6.45, 7) is 0. The van der Waals surface area contributed by atoms with E-state index in [2.05, 4.69) is 15.5 Å². The van der Waals surface area contributed by atoms with Crippen molar-refractivity contribution < 1.29 is 14.3 Å². The number of hydrogen-bond acceptors (Lipinski definition) is 6. The molecular weight excluding hydrogens is 326 g/mol. The molecule has 0 fully saturated rings. The van der Waals surface area contributed by atoms with Crippen molar-refractivity contribution in [2.45, 2.75) is 0 Å². The van der Waals surface area contributed by atoms with Gasteiger partial charge in [0.1, 0.15) is 16.5 Å². The van der Waals surface area contributed by atoms with Crippen molar-refractivity contribution in [1.29, 1.82) is 0 Å². The molecule has 1 N–H and O–H groups in total. The first-order chi connectivity index (χ1) is 11.7. The molecule has 3 aromatic rings. The number of hydrogen-bond donors (Lipinski definition) is 1. The van der Waals surface area contributed by atoms with Gasteiger partial charge in [-0.25, -0.2) is 0 Å². The topological polar surface area (TPSA) is 73.3 Å². The van der Waals surface area contributed by atoms with Crippen molar-refractivity contribution in [2.24, 2.45) is 0 Å². The summed E-state index contributed by atoms with van der Waals surface area (Å²) in [4.78, 5) is 12.2. The van der Waals surface area contributed by atoms with Crippen molar-refractivity contribution in [1.82, 2.24) is 10.2 Å². The van der Waals surface area contributed by atoms with Crippen LogP contribution in [0.4, 0.5) is 5.13 Å². The molecule has 3 rings (SSSR count). The second-order valence-corrected chi connectivity index (χ2v) is 5.80. The van der Waals surface area contributed by atoms with Crippen LogP contribution in [0.15, 0.2) is 48.5 Å². The Kier molecular flexibility index (Phi) is 4.72. The Hall–Kier alpha value is -2.93. The highest BCUT2D eigenvalue weighted by Crippen LogP contribution is 2.29. The molecule has 1 heterocycles. The molecule has 0 atom stereocenters. The standard InChI is InChI=1S/C17H15N3O3S/c1-22-13-8-6-11(7-9-13)15(21)18-17-20-19-16(24-17)12-4-3-5-14(10-12)23-2/h3-10H,1-2H3,(H,18,20,21). The third-order valence-corrected chi connectivity index (χ3v) is 4.20. The fraction of sp³-hybridized carbons (Fsp3) is 0.118. The van der Waals surface area contributed by atoms with E-state index in [9.17, 15) is 4.79 Å². The van der Waals surface area contributed by atoms with Crippen LogP contribution in [0, 0.1) is 0 Å². The van der Waals surface area contributed by atoms with E-state index < -0.39 is 0 Å². The van der Waals surface area contributed by atoms with Gasteiger partial charge in [0.15, 0.2) is 0 Å². The predicted molar refractivity (Wildman–Crippen MR) is 92.8 cm³/mol. The molecular formula is C17H15N3O3S. The molecule has 0 aliphatic rings. The van der Waals surface area contributed by atoms with E-state index in [1.807, 2.05) is 24.3 Å². The molecule has 0 radical (unpaired) electrons. The molecule has 0 saturated carbocycles. The number of carbonyl (C=O) groups excluding carboxylic acids is 1. The van der Waals surface area contributed by atoms with Crippen molar-refractivity contribution in [3.8, 4) is 22.1 Å².